The Bertz CT molecular complexity index is 1300. The zero-order valence-corrected chi connectivity index (χ0v) is 22.2. The third kappa shape index (κ3) is 6.32. The van der Waals surface area contributed by atoms with Crippen LogP contribution in [0, 0.1) is 6.92 Å². The minimum Gasteiger partial charge on any atom is -0.352 e. The van der Waals surface area contributed by atoms with Gasteiger partial charge in [-0.2, -0.15) is 0 Å². The summed E-state index contributed by atoms with van der Waals surface area (Å²) in [7, 11) is 0. The van der Waals surface area contributed by atoms with E-state index in [9.17, 15) is 9.59 Å². The van der Waals surface area contributed by atoms with Crippen LogP contribution in [0.4, 0.5) is 5.69 Å². The molecule has 0 aliphatic carbocycles. The second kappa shape index (κ2) is 11.8. The number of carbonyl (C=O) groups excluding carboxylic acids is 2. The summed E-state index contributed by atoms with van der Waals surface area (Å²) in [4.78, 5) is 31.8. The number of amides is 2. The number of aryl methyl sites for hydroxylation is 1. The SMILES string of the molecule is Cc1cccc(CN2C(=O)C(=Cc3ccccc3)Sc3ccc(C(=O)NCCC[NH+]4CCCC4)cc32)c1. The topological polar surface area (TPSA) is 53.9 Å². The average Bonchev–Trinajstić information content (AvgIpc) is 3.43. The van der Waals surface area contributed by atoms with Crippen LogP contribution >= 0.6 is 11.8 Å². The summed E-state index contributed by atoms with van der Waals surface area (Å²) in [6.45, 7) is 6.79. The first-order valence-corrected chi connectivity index (χ1v) is 14.0. The molecule has 5 rings (SSSR count). The molecule has 2 amide bonds. The van der Waals surface area contributed by atoms with Crippen molar-refractivity contribution in [2.24, 2.45) is 0 Å². The quantitative estimate of drug-likeness (QED) is 0.346. The molecule has 2 N–H and O–H groups in total. The van der Waals surface area contributed by atoms with E-state index in [1.54, 1.807) is 4.90 Å². The van der Waals surface area contributed by atoms with Crippen LogP contribution in [-0.2, 0) is 11.3 Å². The maximum Gasteiger partial charge on any atom is 0.265 e. The Labute approximate surface area is 223 Å². The highest BCUT2D eigenvalue weighted by atomic mass is 32.2. The van der Waals surface area contributed by atoms with Crippen LogP contribution in [0.1, 0.15) is 46.3 Å². The molecule has 1 fully saturated rings. The van der Waals surface area contributed by atoms with Gasteiger partial charge in [0.15, 0.2) is 0 Å². The van der Waals surface area contributed by atoms with Gasteiger partial charge in [-0.05, 0) is 42.3 Å². The maximum absolute atomic E-state index is 13.7. The van der Waals surface area contributed by atoms with E-state index >= 15 is 0 Å². The molecular weight excluding hydrogens is 478 g/mol. The van der Waals surface area contributed by atoms with Gasteiger partial charge in [0.2, 0.25) is 0 Å². The predicted octanol–water partition coefficient (Wildman–Crippen LogP) is 4.47. The summed E-state index contributed by atoms with van der Waals surface area (Å²) in [6.07, 6.45) is 5.55. The van der Waals surface area contributed by atoms with Gasteiger partial charge in [0.1, 0.15) is 0 Å². The van der Waals surface area contributed by atoms with Crippen molar-refractivity contribution in [3.8, 4) is 0 Å². The van der Waals surface area contributed by atoms with Crippen LogP contribution in [0.15, 0.2) is 82.6 Å². The molecule has 37 heavy (non-hydrogen) atoms. The third-order valence-corrected chi connectivity index (χ3v) is 8.09. The summed E-state index contributed by atoms with van der Waals surface area (Å²) in [5.41, 5.74) is 4.58. The van der Waals surface area contributed by atoms with Gasteiger partial charge in [-0.1, -0.05) is 71.9 Å². The summed E-state index contributed by atoms with van der Waals surface area (Å²) >= 11 is 1.47. The number of thioether (sulfide) groups is 1. The Balaban J connectivity index is 1.38. The van der Waals surface area contributed by atoms with Crippen LogP contribution < -0.4 is 15.1 Å². The number of rotatable bonds is 8. The van der Waals surface area contributed by atoms with Gasteiger partial charge in [-0.15, -0.1) is 0 Å². The molecule has 0 saturated carbocycles. The number of quaternary nitrogens is 1. The molecule has 0 aromatic heterocycles. The van der Waals surface area contributed by atoms with Crippen LogP contribution in [0.5, 0.6) is 0 Å². The largest absolute Gasteiger partial charge is 0.352 e. The molecule has 0 spiro atoms. The fourth-order valence-electron chi connectivity index (χ4n) is 5.07. The molecule has 1 saturated heterocycles. The van der Waals surface area contributed by atoms with E-state index < -0.39 is 0 Å². The van der Waals surface area contributed by atoms with E-state index in [-0.39, 0.29) is 11.8 Å². The number of carbonyl (C=O) groups is 2. The fraction of sp³-hybridized carbons (Fsp3) is 0.290. The molecule has 3 aromatic rings. The Morgan fingerprint density at radius 1 is 1.03 bits per heavy atom. The van der Waals surface area contributed by atoms with Crippen LogP contribution in [0.25, 0.3) is 6.08 Å². The monoisotopic (exact) mass is 512 g/mol. The first-order chi connectivity index (χ1) is 18.1. The lowest BCUT2D eigenvalue weighted by Gasteiger charge is -2.31. The van der Waals surface area contributed by atoms with Gasteiger partial charge in [0.25, 0.3) is 11.8 Å². The van der Waals surface area contributed by atoms with Crippen molar-refractivity contribution in [1.82, 2.24) is 5.32 Å². The molecule has 190 valence electrons. The van der Waals surface area contributed by atoms with Crippen LogP contribution in [0.3, 0.4) is 0 Å². The van der Waals surface area contributed by atoms with Crippen molar-refractivity contribution in [2.45, 2.75) is 37.6 Å². The maximum atomic E-state index is 13.7. The van der Waals surface area contributed by atoms with Crippen molar-refractivity contribution in [1.29, 1.82) is 0 Å². The Morgan fingerprint density at radius 3 is 2.62 bits per heavy atom. The van der Waals surface area contributed by atoms with E-state index in [1.807, 2.05) is 71.6 Å². The molecule has 0 radical (unpaired) electrons. The summed E-state index contributed by atoms with van der Waals surface area (Å²) in [5, 5.41) is 3.08. The highest BCUT2D eigenvalue weighted by molar-refractivity contribution is 8.04. The van der Waals surface area contributed by atoms with E-state index in [0.717, 1.165) is 40.2 Å². The number of benzene rings is 3. The first kappa shape index (κ1) is 25.3. The molecule has 0 bridgehead atoms. The molecule has 6 heteroatoms. The molecular formula is C31H34N3O2S+. The van der Waals surface area contributed by atoms with Gasteiger partial charge in [0, 0.05) is 36.3 Å². The minimum atomic E-state index is -0.0854. The lowest BCUT2D eigenvalue weighted by atomic mass is 10.1. The number of hydrogen-bond acceptors (Lipinski definition) is 3. The van der Waals surface area contributed by atoms with E-state index in [2.05, 4.69) is 24.4 Å². The molecule has 3 aromatic carbocycles. The minimum absolute atomic E-state index is 0.0472. The van der Waals surface area contributed by atoms with Gasteiger partial charge in [0.05, 0.1) is 36.8 Å². The molecule has 5 nitrogen and oxygen atoms in total. The van der Waals surface area contributed by atoms with Crippen LogP contribution in [0.2, 0.25) is 0 Å². The average molecular weight is 513 g/mol. The number of likely N-dealkylation sites (tertiary alicyclic amines) is 1. The van der Waals surface area contributed by atoms with Crippen molar-refractivity contribution in [3.63, 3.8) is 0 Å². The molecule has 0 atom stereocenters. The molecule has 2 aliphatic rings. The Hall–Kier alpha value is -3.35. The number of hydrogen-bond donors (Lipinski definition) is 2. The van der Waals surface area contributed by atoms with Crippen molar-refractivity contribution >= 4 is 35.3 Å². The van der Waals surface area contributed by atoms with E-state index in [4.69, 9.17) is 0 Å². The lowest BCUT2D eigenvalue weighted by molar-refractivity contribution is -0.887. The number of nitrogens with one attached hydrogen (secondary N) is 2. The lowest BCUT2D eigenvalue weighted by Crippen LogP contribution is -3.10. The third-order valence-electron chi connectivity index (χ3n) is 7.01. The van der Waals surface area contributed by atoms with Gasteiger partial charge in [-0.25, -0.2) is 0 Å². The molecule has 2 aliphatic heterocycles. The molecule has 2 heterocycles. The number of fused-ring (bicyclic) bond motifs is 1. The second-order valence-corrected chi connectivity index (χ2v) is 11.0. The Morgan fingerprint density at radius 2 is 1.84 bits per heavy atom. The van der Waals surface area contributed by atoms with Gasteiger partial charge < -0.3 is 15.1 Å². The van der Waals surface area contributed by atoms with Crippen LogP contribution in [-0.4, -0.2) is 38.0 Å². The predicted molar refractivity (Wildman–Crippen MR) is 151 cm³/mol. The highest BCUT2D eigenvalue weighted by Crippen LogP contribution is 2.43. The summed E-state index contributed by atoms with van der Waals surface area (Å²) < 4.78 is 0. The van der Waals surface area contributed by atoms with Crippen molar-refractivity contribution in [3.05, 3.63) is 100.0 Å². The zero-order chi connectivity index (χ0) is 25.6. The fourth-order valence-corrected chi connectivity index (χ4v) is 6.11. The standard InChI is InChI=1S/C31H33N3O2S/c1-23-9-7-12-25(19-23)22-34-27-21-26(30(35)32-15-8-18-33-16-5-6-17-33)13-14-28(27)37-29(31(34)36)20-24-10-3-2-4-11-24/h2-4,7,9-14,19-21H,5-6,8,15-18,22H2,1H3,(H,32,35)/p+1. The normalized spacial score (nSPS) is 16.7. The van der Waals surface area contributed by atoms with Crippen molar-refractivity contribution < 1.29 is 14.5 Å². The number of nitrogens with zero attached hydrogens (tertiary/aromatic N) is 1. The highest BCUT2D eigenvalue weighted by Gasteiger charge is 2.30. The summed E-state index contributed by atoms with van der Waals surface area (Å²) in [5.74, 6) is -0.133. The zero-order valence-electron chi connectivity index (χ0n) is 21.3. The summed E-state index contributed by atoms with van der Waals surface area (Å²) in [6, 6.07) is 23.8. The second-order valence-electron chi connectivity index (χ2n) is 9.90. The smallest absolute Gasteiger partial charge is 0.265 e. The number of anilines is 1. The first-order valence-electron chi connectivity index (χ1n) is 13.1. The van der Waals surface area contributed by atoms with Gasteiger partial charge in [-0.3, -0.25) is 9.59 Å². The molecule has 0 unspecified atom stereocenters. The van der Waals surface area contributed by atoms with E-state index in [1.165, 1.54) is 37.7 Å². The van der Waals surface area contributed by atoms with Gasteiger partial charge >= 0.3 is 0 Å². The Kier molecular flexibility index (Phi) is 8.07. The van der Waals surface area contributed by atoms with Crippen molar-refractivity contribution in [2.75, 3.05) is 31.1 Å². The van der Waals surface area contributed by atoms with E-state index in [0.29, 0.717) is 23.6 Å².